The molecule has 2 aromatic carbocycles. The van der Waals surface area contributed by atoms with Crippen LogP contribution in [0, 0.1) is 5.82 Å². The van der Waals surface area contributed by atoms with Gasteiger partial charge in [0.2, 0.25) is 5.91 Å². The summed E-state index contributed by atoms with van der Waals surface area (Å²) in [5.74, 6) is 0.564. The molecule has 0 bridgehead atoms. The topological polar surface area (TPSA) is 89.4 Å². The van der Waals surface area contributed by atoms with Crippen molar-refractivity contribution in [2.75, 3.05) is 22.6 Å². The summed E-state index contributed by atoms with van der Waals surface area (Å²) in [4.78, 5) is 26.4. The number of nitrogens with one attached hydrogen (secondary N) is 1. The molecular weight excluding hydrogens is 421 g/mol. The number of anilines is 2. The predicted molar refractivity (Wildman–Crippen MR) is 115 cm³/mol. The number of aromatic nitrogens is 3. The molecule has 0 radical (unpaired) electrons. The Morgan fingerprint density at radius 1 is 1.23 bits per heavy atom. The van der Waals surface area contributed by atoms with Gasteiger partial charge in [0.15, 0.2) is 17.6 Å². The number of amides is 2. The summed E-state index contributed by atoms with van der Waals surface area (Å²) in [7, 11) is 1.79. The quantitative estimate of drug-likeness (QED) is 0.591. The van der Waals surface area contributed by atoms with E-state index in [1.165, 1.54) is 36.0 Å². The summed E-state index contributed by atoms with van der Waals surface area (Å²) >= 11 is 1.22. The average molecular weight is 441 g/mol. The van der Waals surface area contributed by atoms with Gasteiger partial charge in [-0.2, -0.15) is 0 Å². The van der Waals surface area contributed by atoms with Gasteiger partial charge in [0, 0.05) is 12.7 Å². The second-order valence-electron chi connectivity index (χ2n) is 6.94. The fourth-order valence-electron chi connectivity index (χ4n) is 3.34. The van der Waals surface area contributed by atoms with Crippen LogP contribution in [0.2, 0.25) is 0 Å². The van der Waals surface area contributed by atoms with E-state index in [1.54, 1.807) is 16.5 Å². The van der Waals surface area contributed by atoms with Crippen LogP contribution in [0.25, 0.3) is 0 Å². The lowest BCUT2D eigenvalue weighted by atomic mass is 10.1. The van der Waals surface area contributed by atoms with Crippen LogP contribution in [-0.2, 0) is 16.6 Å². The Morgan fingerprint density at radius 3 is 2.74 bits per heavy atom. The minimum atomic E-state index is -0.377. The van der Waals surface area contributed by atoms with Crippen molar-refractivity contribution in [3.05, 3.63) is 60.2 Å². The molecule has 0 fully saturated rings. The number of fused-ring (bicyclic) bond motifs is 1. The van der Waals surface area contributed by atoms with E-state index < -0.39 is 0 Å². The van der Waals surface area contributed by atoms with E-state index in [-0.39, 0.29) is 36.0 Å². The van der Waals surface area contributed by atoms with E-state index >= 15 is 0 Å². The van der Waals surface area contributed by atoms with Crippen molar-refractivity contribution in [1.82, 2.24) is 14.8 Å². The molecule has 2 amide bonds. The normalized spacial score (nSPS) is 14.0. The van der Waals surface area contributed by atoms with Crippen molar-refractivity contribution >= 4 is 35.0 Å². The standard InChI is InChI=1S/C21H20FN5O3S/c1-13(27-16-5-3-4-6-17(16)30-11-19(27)29)20-24-25-21(26(20)2)31-12-18(28)23-15-9-7-14(22)8-10-15/h3-10,13H,11-12H2,1-2H3,(H,23,28). The van der Waals surface area contributed by atoms with Crippen LogP contribution >= 0.6 is 11.8 Å². The van der Waals surface area contributed by atoms with E-state index in [0.717, 1.165) is 0 Å². The maximum absolute atomic E-state index is 13.0. The van der Waals surface area contributed by atoms with E-state index in [4.69, 9.17) is 4.74 Å². The first-order chi connectivity index (χ1) is 14.9. The number of rotatable bonds is 6. The molecule has 0 saturated heterocycles. The first-order valence-electron chi connectivity index (χ1n) is 9.55. The summed E-state index contributed by atoms with van der Waals surface area (Å²) in [6.45, 7) is 1.84. The highest BCUT2D eigenvalue weighted by Crippen LogP contribution is 2.37. The number of hydrogen-bond acceptors (Lipinski definition) is 6. The lowest BCUT2D eigenvalue weighted by Gasteiger charge is -2.33. The molecule has 1 aliphatic heterocycles. The number of nitrogens with zero attached hydrogens (tertiary/aromatic N) is 4. The minimum Gasteiger partial charge on any atom is -0.482 e. The molecule has 0 spiro atoms. The molecule has 160 valence electrons. The first-order valence-corrected chi connectivity index (χ1v) is 10.5. The molecule has 0 saturated carbocycles. The maximum atomic E-state index is 13.0. The predicted octanol–water partition coefficient (Wildman–Crippen LogP) is 3.17. The summed E-state index contributed by atoms with van der Waals surface area (Å²) < 4.78 is 20.3. The van der Waals surface area contributed by atoms with Crippen molar-refractivity contribution < 1.29 is 18.7 Å². The highest BCUT2D eigenvalue weighted by Gasteiger charge is 2.32. The van der Waals surface area contributed by atoms with Crippen molar-refractivity contribution in [2.45, 2.75) is 18.1 Å². The summed E-state index contributed by atoms with van der Waals surface area (Å²) in [6.07, 6.45) is 0. The monoisotopic (exact) mass is 441 g/mol. The van der Waals surface area contributed by atoms with Crippen molar-refractivity contribution in [3.8, 4) is 5.75 Å². The lowest BCUT2D eigenvalue weighted by molar-refractivity contribution is -0.121. The molecule has 2 heterocycles. The summed E-state index contributed by atoms with van der Waals surface area (Å²) in [5, 5.41) is 11.7. The van der Waals surface area contributed by atoms with Gasteiger partial charge in [-0.05, 0) is 43.3 Å². The van der Waals surface area contributed by atoms with Gasteiger partial charge in [-0.1, -0.05) is 23.9 Å². The highest BCUT2D eigenvalue weighted by molar-refractivity contribution is 7.99. The van der Waals surface area contributed by atoms with Gasteiger partial charge in [0.05, 0.1) is 17.5 Å². The zero-order valence-electron chi connectivity index (χ0n) is 16.9. The number of benzene rings is 2. The van der Waals surface area contributed by atoms with Crippen LogP contribution in [0.3, 0.4) is 0 Å². The van der Waals surface area contributed by atoms with Gasteiger partial charge in [0.25, 0.3) is 5.91 Å². The third kappa shape index (κ3) is 4.38. The van der Waals surface area contributed by atoms with Gasteiger partial charge in [-0.25, -0.2) is 4.39 Å². The van der Waals surface area contributed by atoms with Crippen LogP contribution in [0.5, 0.6) is 5.75 Å². The van der Waals surface area contributed by atoms with Gasteiger partial charge >= 0.3 is 0 Å². The van der Waals surface area contributed by atoms with Crippen LogP contribution in [-0.4, -0.2) is 38.9 Å². The summed E-state index contributed by atoms with van der Waals surface area (Å²) in [5.41, 5.74) is 1.20. The Kier molecular flexibility index (Phi) is 5.90. The molecule has 1 aromatic heterocycles. The third-order valence-corrected chi connectivity index (χ3v) is 5.85. The van der Waals surface area contributed by atoms with Crippen LogP contribution < -0.4 is 15.0 Å². The SMILES string of the molecule is CC(c1nnc(SCC(=O)Nc2ccc(F)cc2)n1C)N1C(=O)COc2ccccc21. The highest BCUT2D eigenvalue weighted by atomic mass is 32.2. The zero-order chi connectivity index (χ0) is 22.0. The number of carbonyl (C=O) groups excluding carboxylic acids is 2. The van der Waals surface area contributed by atoms with Crippen molar-refractivity contribution in [2.24, 2.45) is 7.05 Å². The lowest BCUT2D eigenvalue weighted by Crippen LogP contribution is -2.41. The Labute approximate surface area is 182 Å². The molecule has 1 aliphatic rings. The molecule has 10 heteroatoms. The zero-order valence-corrected chi connectivity index (χ0v) is 17.7. The Hall–Kier alpha value is -3.40. The van der Waals surface area contributed by atoms with Gasteiger partial charge in [0.1, 0.15) is 11.6 Å². The van der Waals surface area contributed by atoms with Crippen LogP contribution in [0.1, 0.15) is 18.8 Å². The molecule has 1 atom stereocenters. The Morgan fingerprint density at radius 2 is 1.97 bits per heavy atom. The van der Waals surface area contributed by atoms with E-state index in [2.05, 4.69) is 15.5 Å². The van der Waals surface area contributed by atoms with Gasteiger partial charge in [-0.15, -0.1) is 10.2 Å². The number of halogens is 1. The molecule has 0 aliphatic carbocycles. The summed E-state index contributed by atoms with van der Waals surface area (Å²) in [6, 6.07) is 12.5. The smallest absolute Gasteiger partial charge is 0.265 e. The molecule has 3 aromatic rings. The second-order valence-corrected chi connectivity index (χ2v) is 7.88. The van der Waals surface area contributed by atoms with Gasteiger partial charge in [-0.3, -0.25) is 14.5 Å². The fraction of sp³-hybridized carbons (Fsp3) is 0.238. The second kappa shape index (κ2) is 8.76. The third-order valence-electron chi connectivity index (χ3n) is 4.83. The Bertz CT molecular complexity index is 1120. The molecule has 31 heavy (non-hydrogen) atoms. The van der Waals surface area contributed by atoms with Crippen molar-refractivity contribution in [3.63, 3.8) is 0 Å². The average Bonchev–Trinajstić information content (AvgIpc) is 3.14. The number of ether oxygens (including phenoxy) is 1. The molecule has 1 N–H and O–H groups in total. The van der Waals surface area contributed by atoms with E-state index in [1.807, 2.05) is 31.2 Å². The molecule has 1 unspecified atom stereocenters. The molecular formula is C21H20FN5O3S. The fourth-order valence-corrected chi connectivity index (χ4v) is 4.06. The van der Waals surface area contributed by atoms with Gasteiger partial charge < -0.3 is 14.6 Å². The van der Waals surface area contributed by atoms with Crippen LogP contribution in [0.15, 0.2) is 53.7 Å². The number of thioether (sulfide) groups is 1. The number of carbonyl (C=O) groups is 2. The molecule has 8 nitrogen and oxygen atoms in total. The maximum Gasteiger partial charge on any atom is 0.265 e. The largest absolute Gasteiger partial charge is 0.482 e. The van der Waals surface area contributed by atoms with E-state index in [0.29, 0.717) is 28.1 Å². The molecule has 4 rings (SSSR count). The van der Waals surface area contributed by atoms with Crippen molar-refractivity contribution in [1.29, 1.82) is 0 Å². The van der Waals surface area contributed by atoms with E-state index in [9.17, 15) is 14.0 Å². The number of hydrogen-bond donors (Lipinski definition) is 1. The van der Waals surface area contributed by atoms with Crippen LogP contribution in [0.4, 0.5) is 15.8 Å². The minimum absolute atomic E-state index is 0.0373. The Balaban J connectivity index is 1.45. The first kappa shape index (κ1) is 20.9. The number of para-hydroxylation sites is 2.